The Morgan fingerprint density at radius 3 is 2.52 bits per heavy atom. The molecule has 0 atom stereocenters. The minimum Gasteiger partial charge on any atom is -0.496 e. The lowest BCUT2D eigenvalue weighted by molar-refractivity contribution is -0.158. The van der Waals surface area contributed by atoms with Crippen LogP contribution in [0.25, 0.3) is 0 Å². The first-order chi connectivity index (χ1) is 12.9. The highest BCUT2D eigenvalue weighted by atomic mass is 19.1. The van der Waals surface area contributed by atoms with Crippen molar-refractivity contribution >= 4 is 11.9 Å². The summed E-state index contributed by atoms with van der Waals surface area (Å²) < 4.78 is 29.9. The average molecular weight is 379 g/mol. The third kappa shape index (κ3) is 4.48. The van der Waals surface area contributed by atoms with Crippen LogP contribution in [0, 0.1) is 22.6 Å². The summed E-state index contributed by atoms with van der Waals surface area (Å²) >= 11 is 0. The second-order valence-corrected chi connectivity index (χ2v) is 6.44. The number of carboxylic acids is 1. The predicted octanol–water partition coefficient (Wildman–Crippen LogP) is 3.32. The van der Waals surface area contributed by atoms with E-state index in [-0.39, 0.29) is 30.1 Å². The molecule has 0 radical (unpaired) electrons. The quantitative estimate of drug-likeness (QED) is 0.724. The topological polar surface area (TPSA) is 106 Å². The molecule has 7 nitrogen and oxygen atoms in total. The molecule has 1 aromatic carbocycles. The minimum atomic E-state index is -1.25. The number of nitrogens with zero attached hydrogens (tertiary/aromatic N) is 1. The lowest BCUT2D eigenvalue weighted by atomic mass is 9.71. The lowest BCUT2D eigenvalue weighted by Gasteiger charge is -2.36. The van der Waals surface area contributed by atoms with Gasteiger partial charge in [-0.05, 0) is 32.6 Å². The molecule has 27 heavy (non-hydrogen) atoms. The Bertz CT molecular complexity index is 749. The monoisotopic (exact) mass is 379 g/mol. The van der Waals surface area contributed by atoms with Crippen LogP contribution in [0.4, 0.5) is 4.39 Å². The van der Waals surface area contributed by atoms with Crippen molar-refractivity contribution in [3.8, 4) is 17.6 Å². The summed E-state index contributed by atoms with van der Waals surface area (Å²) in [4.78, 5) is 23.6. The Morgan fingerprint density at radius 2 is 2.00 bits per heavy atom. The van der Waals surface area contributed by atoms with Gasteiger partial charge in [0, 0.05) is 12.1 Å². The molecule has 0 unspecified atom stereocenters. The van der Waals surface area contributed by atoms with Crippen molar-refractivity contribution < 1.29 is 33.3 Å². The number of nitriles is 1. The van der Waals surface area contributed by atoms with Gasteiger partial charge in [0.1, 0.15) is 11.3 Å². The highest BCUT2D eigenvalue weighted by Crippen LogP contribution is 2.42. The van der Waals surface area contributed by atoms with Gasteiger partial charge in [0.15, 0.2) is 11.6 Å². The third-order valence-electron chi connectivity index (χ3n) is 4.79. The number of benzene rings is 1. The summed E-state index contributed by atoms with van der Waals surface area (Å²) in [5, 5.41) is 18.3. The van der Waals surface area contributed by atoms with Crippen LogP contribution in [0.2, 0.25) is 0 Å². The third-order valence-corrected chi connectivity index (χ3v) is 4.79. The Morgan fingerprint density at radius 1 is 1.33 bits per heavy atom. The zero-order valence-electron chi connectivity index (χ0n) is 15.3. The summed E-state index contributed by atoms with van der Waals surface area (Å²) in [6.07, 6.45) is 1.28. The standard InChI is InChI=1S/C19H22FNO6/c1-3-26-18(24)19(8-9-21)6-4-12(5-7-19)27-16-10-13(17(22)23)15(25-2)11-14(16)20/h10-12H,3-8H2,1-2H3,(H,22,23)/t12-,19+. The fraction of sp³-hybridized carbons (Fsp3) is 0.526. The number of rotatable bonds is 7. The summed E-state index contributed by atoms with van der Waals surface area (Å²) in [7, 11) is 1.26. The van der Waals surface area contributed by atoms with Crippen LogP contribution >= 0.6 is 0 Å². The van der Waals surface area contributed by atoms with Crippen molar-refractivity contribution in [2.75, 3.05) is 13.7 Å². The maximum atomic E-state index is 14.2. The molecule has 1 saturated carbocycles. The Hall–Kier alpha value is -2.82. The molecular formula is C19H22FNO6. The number of ether oxygens (including phenoxy) is 3. The summed E-state index contributed by atoms with van der Waals surface area (Å²) in [5.74, 6) is -2.64. The molecule has 0 amide bonds. The molecule has 146 valence electrons. The maximum Gasteiger partial charge on any atom is 0.339 e. The number of halogens is 1. The molecule has 8 heteroatoms. The first kappa shape index (κ1) is 20.5. The number of carbonyl (C=O) groups is 2. The van der Waals surface area contributed by atoms with Gasteiger partial charge in [0.05, 0.1) is 37.7 Å². The molecule has 0 saturated heterocycles. The van der Waals surface area contributed by atoms with E-state index in [9.17, 15) is 19.1 Å². The van der Waals surface area contributed by atoms with Gasteiger partial charge in [-0.3, -0.25) is 4.79 Å². The van der Waals surface area contributed by atoms with Gasteiger partial charge in [-0.1, -0.05) is 0 Å². The van der Waals surface area contributed by atoms with Gasteiger partial charge in [-0.25, -0.2) is 9.18 Å². The number of carboxylic acid groups (broad SMARTS) is 1. The first-order valence-corrected chi connectivity index (χ1v) is 8.68. The van der Waals surface area contributed by atoms with Gasteiger partial charge in [0.25, 0.3) is 0 Å². The molecule has 0 aliphatic heterocycles. The number of esters is 1. The SMILES string of the molecule is CCOC(=O)[C@]1(CC#N)CC[C@H](Oc2cc(C(=O)O)c(OC)cc2F)CC1. The summed E-state index contributed by atoms with van der Waals surface area (Å²) in [6, 6.07) is 4.11. The number of hydrogen-bond donors (Lipinski definition) is 1. The molecule has 0 aromatic heterocycles. The molecule has 1 fully saturated rings. The van der Waals surface area contributed by atoms with Gasteiger partial charge in [0.2, 0.25) is 0 Å². The van der Waals surface area contributed by atoms with Crippen molar-refractivity contribution in [1.82, 2.24) is 0 Å². The van der Waals surface area contributed by atoms with Crippen molar-refractivity contribution in [2.45, 2.75) is 45.1 Å². The normalized spacial score (nSPS) is 21.8. The van der Waals surface area contributed by atoms with Crippen molar-refractivity contribution in [1.29, 1.82) is 5.26 Å². The largest absolute Gasteiger partial charge is 0.496 e. The summed E-state index contributed by atoms with van der Waals surface area (Å²) in [6.45, 7) is 1.94. The van der Waals surface area contributed by atoms with E-state index in [1.165, 1.54) is 7.11 Å². The maximum absolute atomic E-state index is 14.2. The highest BCUT2D eigenvalue weighted by Gasteiger charge is 2.43. The molecule has 1 aliphatic carbocycles. The summed E-state index contributed by atoms with van der Waals surface area (Å²) in [5.41, 5.74) is -1.06. The van der Waals surface area contributed by atoms with E-state index in [0.29, 0.717) is 25.7 Å². The second kappa shape index (κ2) is 8.71. The van der Waals surface area contributed by atoms with Crippen LogP contribution in [-0.4, -0.2) is 36.9 Å². The van der Waals surface area contributed by atoms with Gasteiger partial charge in [-0.2, -0.15) is 5.26 Å². The van der Waals surface area contributed by atoms with E-state index < -0.39 is 29.3 Å². The Kier molecular flexibility index (Phi) is 6.61. The Balaban J connectivity index is 2.13. The molecule has 1 aliphatic rings. The van der Waals surface area contributed by atoms with Crippen LogP contribution in [0.15, 0.2) is 12.1 Å². The average Bonchev–Trinajstić information content (AvgIpc) is 2.64. The van der Waals surface area contributed by atoms with Gasteiger partial charge in [-0.15, -0.1) is 0 Å². The van der Waals surface area contributed by atoms with Gasteiger partial charge < -0.3 is 19.3 Å². The lowest BCUT2D eigenvalue weighted by Crippen LogP contribution is -2.39. The first-order valence-electron chi connectivity index (χ1n) is 8.68. The number of hydrogen-bond acceptors (Lipinski definition) is 6. The molecule has 2 rings (SSSR count). The fourth-order valence-corrected chi connectivity index (χ4v) is 3.29. The molecule has 1 aromatic rings. The van der Waals surface area contributed by atoms with E-state index in [4.69, 9.17) is 19.5 Å². The van der Waals surface area contributed by atoms with Crippen LogP contribution < -0.4 is 9.47 Å². The predicted molar refractivity (Wildman–Crippen MR) is 92.1 cm³/mol. The van der Waals surface area contributed by atoms with Crippen molar-refractivity contribution in [3.63, 3.8) is 0 Å². The van der Waals surface area contributed by atoms with E-state index >= 15 is 0 Å². The molecule has 0 bridgehead atoms. The minimum absolute atomic E-state index is 0.0542. The van der Waals surface area contributed by atoms with E-state index in [2.05, 4.69) is 0 Å². The molecule has 1 N–H and O–H groups in total. The van der Waals surface area contributed by atoms with Crippen molar-refractivity contribution in [2.24, 2.45) is 5.41 Å². The van der Waals surface area contributed by atoms with E-state index in [0.717, 1.165) is 12.1 Å². The van der Waals surface area contributed by atoms with Gasteiger partial charge >= 0.3 is 11.9 Å². The van der Waals surface area contributed by atoms with Crippen LogP contribution in [0.1, 0.15) is 49.4 Å². The van der Waals surface area contributed by atoms with Crippen LogP contribution in [-0.2, 0) is 9.53 Å². The fourth-order valence-electron chi connectivity index (χ4n) is 3.29. The number of methoxy groups -OCH3 is 1. The molecular weight excluding hydrogens is 357 g/mol. The van der Waals surface area contributed by atoms with E-state index in [1.807, 2.05) is 6.07 Å². The smallest absolute Gasteiger partial charge is 0.339 e. The Labute approximate surface area is 156 Å². The molecule has 0 heterocycles. The zero-order chi connectivity index (χ0) is 20.0. The van der Waals surface area contributed by atoms with Crippen LogP contribution in [0.5, 0.6) is 11.5 Å². The zero-order valence-corrected chi connectivity index (χ0v) is 15.3. The second-order valence-electron chi connectivity index (χ2n) is 6.44. The number of carbonyl (C=O) groups excluding carboxylic acids is 1. The molecule has 0 spiro atoms. The number of aromatic carboxylic acids is 1. The highest BCUT2D eigenvalue weighted by molar-refractivity contribution is 5.91. The van der Waals surface area contributed by atoms with Crippen molar-refractivity contribution in [3.05, 3.63) is 23.5 Å². The van der Waals surface area contributed by atoms with Crippen LogP contribution in [0.3, 0.4) is 0 Å². The van der Waals surface area contributed by atoms with E-state index in [1.54, 1.807) is 6.92 Å².